The predicted octanol–water partition coefficient (Wildman–Crippen LogP) is 2.47. The molecule has 5 nitrogen and oxygen atoms in total. The molecule has 0 spiro atoms. The molecule has 6 heteroatoms. The monoisotopic (exact) mass is 297 g/mol. The van der Waals surface area contributed by atoms with Gasteiger partial charge in [-0.05, 0) is 27.2 Å². The number of aryl methyl sites for hydroxylation is 2. The maximum absolute atomic E-state index is 12.2. The topological polar surface area (TPSA) is 54.5 Å². The molecule has 1 N–H and O–H groups in total. The third kappa shape index (κ3) is 3.49. The van der Waals surface area contributed by atoms with Crippen LogP contribution in [0.4, 0.5) is 4.79 Å². The minimum absolute atomic E-state index is 0.0153. The minimum Gasteiger partial charge on any atom is -0.372 e. The number of hydrogen-bond donors (Lipinski definition) is 1. The summed E-state index contributed by atoms with van der Waals surface area (Å²) < 4.78 is 5.75. The fourth-order valence-electron chi connectivity index (χ4n) is 2.32. The van der Waals surface area contributed by atoms with Crippen LogP contribution < -0.4 is 5.32 Å². The maximum Gasteiger partial charge on any atom is 0.317 e. The first-order valence-corrected chi connectivity index (χ1v) is 7.85. The number of carbonyl (C=O) groups is 1. The molecule has 1 aliphatic rings. The molecule has 20 heavy (non-hydrogen) atoms. The van der Waals surface area contributed by atoms with Gasteiger partial charge in [0.05, 0.1) is 36.0 Å². The highest BCUT2D eigenvalue weighted by atomic mass is 32.1. The molecule has 1 aliphatic heterocycles. The normalized spacial score (nSPS) is 22.9. The lowest BCUT2D eigenvalue weighted by Gasteiger charge is -2.39. The Morgan fingerprint density at radius 3 is 2.90 bits per heavy atom. The first kappa shape index (κ1) is 15.3. The smallest absolute Gasteiger partial charge is 0.317 e. The third-order valence-corrected chi connectivity index (χ3v) is 4.84. The average molecular weight is 297 g/mol. The van der Waals surface area contributed by atoms with Gasteiger partial charge in [0.25, 0.3) is 0 Å². The number of aromatic nitrogens is 1. The number of nitrogens with zero attached hydrogens (tertiary/aromatic N) is 2. The summed E-state index contributed by atoms with van der Waals surface area (Å²) in [6.45, 7) is 10.6. The Morgan fingerprint density at radius 1 is 1.55 bits per heavy atom. The quantitative estimate of drug-likeness (QED) is 0.932. The third-order valence-electron chi connectivity index (χ3n) is 3.77. The summed E-state index contributed by atoms with van der Waals surface area (Å²) in [5.41, 5.74) is 0.792. The van der Waals surface area contributed by atoms with E-state index in [0.717, 1.165) is 22.0 Å². The van der Waals surface area contributed by atoms with Crippen LogP contribution >= 0.6 is 11.3 Å². The molecule has 2 heterocycles. The number of hydrogen-bond acceptors (Lipinski definition) is 4. The van der Waals surface area contributed by atoms with E-state index >= 15 is 0 Å². The van der Waals surface area contributed by atoms with Crippen LogP contribution in [0, 0.1) is 13.8 Å². The lowest BCUT2D eigenvalue weighted by Crippen LogP contribution is -2.54. The van der Waals surface area contributed by atoms with Crippen molar-refractivity contribution in [3.8, 4) is 0 Å². The van der Waals surface area contributed by atoms with Crippen molar-refractivity contribution in [2.45, 2.75) is 46.3 Å². The molecule has 0 radical (unpaired) electrons. The summed E-state index contributed by atoms with van der Waals surface area (Å²) in [5.74, 6) is 0. The number of ether oxygens (including phenoxy) is 1. The zero-order valence-electron chi connectivity index (χ0n) is 12.7. The van der Waals surface area contributed by atoms with Gasteiger partial charge < -0.3 is 15.0 Å². The Bertz CT molecular complexity index is 489. The van der Waals surface area contributed by atoms with E-state index in [1.807, 2.05) is 18.7 Å². The molecule has 112 valence electrons. The van der Waals surface area contributed by atoms with Crippen molar-refractivity contribution in [2.75, 3.05) is 19.7 Å². The van der Waals surface area contributed by atoms with Crippen molar-refractivity contribution >= 4 is 17.4 Å². The van der Waals surface area contributed by atoms with Crippen molar-refractivity contribution < 1.29 is 9.53 Å². The zero-order valence-corrected chi connectivity index (χ0v) is 13.5. The van der Waals surface area contributed by atoms with Gasteiger partial charge >= 0.3 is 6.03 Å². The summed E-state index contributed by atoms with van der Waals surface area (Å²) in [4.78, 5) is 19.6. The standard InChI is InChI=1S/C14H23N3O2S/c1-5-14(4)9-17(6-7-19-14)13(18)15-8-12-10(2)16-11(3)20-12/h5-9H2,1-4H3,(H,15,18)/t14-/m1/s1. The lowest BCUT2D eigenvalue weighted by atomic mass is 10.0. The first-order valence-electron chi connectivity index (χ1n) is 7.03. The summed E-state index contributed by atoms with van der Waals surface area (Å²) >= 11 is 1.64. The van der Waals surface area contributed by atoms with Gasteiger partial charge in [0.1, 0.15) is 0 Å². The van der Waals surface area contributed by atoms with Gasteiger partial charge in [0, 0.05) is 11.4 Å². The second-order valence-electron chi connectivity index (χ2n) is 5.47. The van der Waals surface area contributed by atoms with Crippen LogP contribution in [0.5, 0.6) is 0 Å². The second-order valence-corrected chi connectivity index (χ2v) is 6.76. The molecule has 0 aliphatic carbocycles. The van der Waals surface area contributed by atoms with Crippen molar-refractivity contribution in [2.24, 2.45) is 0 Å². The SMILES string of the molecule is CC[C@]1(C)CN(C(=O)NCc2sc(C)nc2C)CCO1. The molecular formula is C14H23N3O2S. The molecule has 0 unspecified atom stereocenters. The van der Waals surface area contributed by atoms with Gasteiger partial charge in [-0.1, -0.05) is 6.92 Å². The van der Waals surface area contributed by atoms with Crippen molar-refractivity contribution in [3.05, 3.63) is 15.6 Å². The summed E-state index contributed by atoms with van der Waals surface area (Å²) in [5, 5.41) is 4.03. The van der Waals surface area contributed by atoms with Crippen molar-refractivity contribution in [1.29, 1.82) is 0 Å². The van der Waals surface area contributed by atoms with Crippen LogP contribution in [0.25, 0.3) is 0 Å². The maximum atomic E-state index is 12.2. The van der Waals surface area contributed by atoms with E-state index < -0.39 is 0 Å². The molecule has 2 rings (SSSR count). The average Bonchev–Trinajstić information content (AvgIpc) is 2.74. The predicted molar refractivity (Wildman–Crippen MR) is 80.0 cm³/mol. The Balaban J connectivity index is 1.90. The number of rotatable bonds is 3. The van der Waals surface area contributed by atoms with Gasteiger partial charge in [0.2, 0.25) is 0 Å². The van der Waals surface area contributed by atoms with E-state index in [4.69, 9.17) is 4.74 Å². The van der Waals surface area contributed by atoms with Crippen LogP contribution in [0.3, 0.4) is 0 Å². The van der Waals surface area contributed by atoms with Crippen LogP contribution in [0.15, 0.2) is 0 Å². The molecular weight excluding hydrogens is 274 g/mol. The van der Waals surface area contributed by atoms with Gasteiger partial charge in [-0.2, -0.15) is 0 Å². The van der Waals surface area contributed by atoms with E-state index in [9.17, 15) is 4.79 Å². The van der Waals surface area contributed by atoms with Crippen LogP contribution in [-0.4, -0.2) is 41.2 Å². The number of morpholine rings is 1. The van der Waals surface area contributed by atoms with Gasteiger partial charge in [-0.25, -0.2) is 9.78 Å². The van der Waals surface area contributed by atoms with Crippen LogP contribution in [0.2, 0.25) is 0 Å². The first-order chi connectivity index (χ1) is 9.43. The Morgan fingerprint density at radius 2 is 2.30 bits per heavy atom. The van der Waals surface area contributed by atoms with Crippen molar-refractivity contribution in [1.82, 2.24) is 15.2 Å². The lowest BCUT2D eigenvalue weighted by molar-refractivity contribution is -0.0872. The number of thiazole rings is 1. The fourth-order valence-corrected chi connectivity index (χ4v) is 3.20. The number of carbonyl (C=O) groups excluding carboxylic acids is 1. The van der Waals surface area contributed by atoms with Crippen LogP contribution in [0.1, 0.15) is 35.8 Å². The minimum atomic E-state index is -0.216. The van der Waals surface area contributed by atoms with E-state index in [0.29, 0.717) is 26.2 Å². The fraction of sp³-hybridized carbons (Fsp3) is 0.714. The number of amides is 2. The molecule has 1 saturated heterocycles. The molecule has 0 saturated carbocycles. The molecule has 0 bridgehead atoms. The highest BCUT2D eigenvalue weighted by Crippen LogP contribution is 2.21. The highest BCUT2D eigenvalue weighted by Gasteiger charge is 2.32. The zero-order chi connectivity index (χ0) is 14.8. The Kier molecular flexibility index (Phi) is 4.65. The summed E-state index contributed by atoms with van der Waals surface area (Å²) in [6, 6.07) is -0.0153. The van der Waals surface area contributed by atoms with E-state index in [-0.39, 0.29) is 11.6 Å². The van der Waals surface area contributed by atoms with Gasteiger partial charge in [0.15, 0.2) is 0 Å². The Hall–Kier alpha value is -1.14. The van der Waals surface area contributed by atoms with E-state index in [1.165, 1.54) is 0 Å². The molecule has 1 aromatic heterocycles. The molecule has 0 aromatic carbocycles. The Labute approximate surface area is 124 Å². The molecule has 1 fully saturated rings. The van der Waals surface area contributed by atoms with E-state index in [1.54, 1.807) is 11.3 Å². The van der Waals surface area contributed by atoms with Crippen molar-refractivity contribution in [3.63, 3.8) is 0 Å². The number of urea groups is 1. The highest BCUT2D eigenvalue weighted by molar-refractivity contribution is 7.11. The molecule has 2 amide bonds. The molecule has 1 aromatic rings. The van der Waals surface area contributed by atoms with Crippen LogP contribution in [-0.2, 0) is 11.3 Å². The summed E-state index contributed by atoms with van der Waals surface area (Å²) in [6.07, 6.45) is 0.907. The van der Waals surface area contributed by atoms with Gasteiger partial charge in [-0.3, -0.25) is 0 Å². The summed E-state index contributed by atoms with van der Waals surface area (Å²) in [7, 11) is 0. The van der Waals surface area contributed by atoms with Gasteiger partial charge in [-0.15, -0.1) is 11.3 Å². The van der Waals surface area contributed by atoms with E-state index in [2.05, 4.69) is 24.1 Å². The largest absolute Gasteiger partial charge is 0.372 e. The number of nitrogens with one attached hydrogen (secondary N) is 1. The molecule has 1 atom stereocenters. The second kappa shape index (κ2) is 6.10.